The lowest BCUT2D eigenvalue weighted by Gasteiger charge is -2.17. The Morgan fingerprint density at radius 1 is 1.39 bits per heavy atom. The summed E-state index contributed by atoms with van der Waals surface area (Å²) >= 11 is 0. The van der Waals surface area contributed by atoms with Crippen molar-refractivity contribution in [2.75, 3.05) is 4.90 Å². The number of anilines is 1. The van der Waals surface area contributed by atoms with Crippen molar-refractivity contribution in [2.45, 2.75) is 25.0 Å². The van der Waals surface area contributed by atoms with Crippen molar-refractivity contribution in [3.05, 3.63) is 18.2 Å². The molecule has 1 fully saturated rings. The largest absolute Gasteiger partial charge is 0.503 e. The summed E-state index contributed by atoms with van der Waals surface area (Å²) in [6.07, 6.45) is -0.702. The van der Waals surface area contributed by atoms with Gasteiger partial charge in [-0.25, -0.2) is 4.90 Å². The number of benzene rings is 1. The second-order valence-electron chi connectivity index (χ2n) is 4.73. The second kappa shape index (κ2) is 5.97. The Labute approximate surface area is 131 Å². The monoisotopic (exact) mass is 343 g/mol. The van der Waals surface area contributed by atoms with Crippen molar-refractivity contribution in [1.82, 2.24) is 0 Å². The molecule has 2 amide bonds. The van der Waals surface area contributed by atoms with Crippen LogP contribution in [0.3, 0.4) is 0 Å². The summed E-state index contributed by atoms with van der Waals surface area (Å²) in [4.78, 5) is 35.7. The van der Waals surface area contributed by atoms with Crippen molar-refractivity contribution in [1.29, 1.82) is 0 Å². The van der Waals surface area contributed by atoms with E-state index >= 15 is 0 Å². The van der Waals surface area contributed by atoms with Gasteiger partial charge in [0.25, 0.3) is 16.0 Å². The molecule has 0 saturated carbocycles. The van der Waals surface area contributed by atoms with Crippen LogP contribution < -0.4 is 9.64 Å². The van der Waals surface area contributed by atoms with Gasteiger partial charge in [-0.1, -0.05) is 13.0 Å². The van der Waals surface area contributed by atoms with Crippen LogP contribution in [0.4, 0.5) is 5.69 Å². The Bertz CT molecular complexity index is 785. The molecule has 0 radical (unpaired) electrons. The number of phenolic OH excluding ortho intramolecular Hbond substituents is 1. The van der Waals surface area contributed by atoms with Crippen LogP contribution in [0.5, 0.6) is 11.5 Å². The van der Waals surface area contributed by atoms with Gasteiger partial charge in [-0.3, -0.25) is 18.9 Å². The van der Waals surface area contributed by atoms with E-state index in [1.807, 2.05) is 0 Å². The molecule has 2 N–H and O–H groups in total. The number of rotatable bonds is 4. The van der Waals surface area contributed by atoms with Crippen LogP contribution in [0.15, 0.2) is 18.2 Å². The van der Waals surface area contributed by atoms with Crippen molar-refractivity contribution in [2.24, 2.45) is 0 Å². The quantitative estimate of drug-likeness (QED) is 0.343. The van der Waals surface area contributed by atoms with E-state index in [1.54, 1.807) is 0 Å². The third kappa shape index (κ3) is 3.17. The molecular weight excluding hydrogens is 330 g/mol. The van der Waals surface area contributed by atoms with Gasteiger partial charge in [0, 0.05) is 6.42 Å². The SMILES string of the molecule is CCC(=O)Oc1cccc(N2C(=O)CC(S(=O)(=O)O)C2=O)c1O. The Kier molecular flexibility index (Phi) is 4.39. The van der Waals surface area contributed by atoms with Crippen LogP contribution in [0, 0.1) is 0 Å². The van der Waals surface area contributed by atoms with Crippen LogP contribution in [0.1, 0.15) is 19.8 Å². The highest BCUT2D eigenvalue weighted by Crippen LogP contribution is 2.39. The first kappa shape index (κ1) is 16.9. The summed E-state index contributed by atoms with van der Waals surface area (Å²) in [5.41, 5.74) is -0.326. The predicted molar refractivity (Wildman–Crippen MR) is 76.5 cm³/mol. The van der Waals surface area contributed by atoms with E-state index < -0.39 is 45.3 Å². The predicted octanol–water partition coefficient (Wildman–Crippen LogP) is 0.227. The van der Waals surface area contributed by atoms with Crippen LogP contribution in [0.25, 0.3) is 0 Å². The maximum atomic E-state index is 12.1. The summed E-state index contributed by atoms with van der Waals surface area (Å²) in [5, 5.41) is 8.16. The fraction of sp³-hybridized carbons (Fsp3) is 0.308. The average Bonchev–Trinajstić information content (AvgIpc) is 2.76. The Morgan fingerprint density at radius 2 is 2.04 bits per heavy atom. The van der Waals surface area contributed by atoms with E-state index in [0.717, 1.165) is 0 Å². The lowest BCUT2D eigenvalue weighted by atomic mass is 10.2. The van der Waals surface area contributed by atoms with E-state index in [4.69, 9.17) is 9.29 Å². The van der Waals surface area contributed by atoms with Gasteiger partial charge in [-0.15, -0.1) is 0 Å². The highest BCUT2D eigenvalue weighted by molar-refractivity contribution is 7.87. The lowest BCUT2D eigenvalue weighted by molar-refractivity contribution is -0.134. The topological polar surface area (TPSA) is 138 Å². The molecule has 0 aliphatic carbocycles. The van der Waals surface area contributed by atoms with E-state index in [0.29, 0.717) is 4.90 Å². The van der Waals surface area contributed by atoms with Crippen LogP contribution in [-0.4, -0.2) is 41.1 Å². The number of hydrogen-bond acceptors (Lipinski definition) is 7. The second-order valence-corrected chi connectivity index (χ2v) is 6.33. The van der Waals surface area contributed by atoms with Gasteiger partial charge in [0.2, 0.25) is 5.91 Å². The maximum absolute atomic E-state index is 12.1. The molecule has 0 bridgehead atoms. The molecule has 0 aromatic heterocycles. The molecule has 1 saturated heterocycles. The fourth-order valence-electron chi connectivity index (χ4n) is 2.06. The van der Waals surface area contributed by atoms with Gasteiger partial charge in [0.1, 0.15) is 0 Å². The number of amides is 2. The van der Waals surface area contributed by atoms with Gasteiger partial charge in [-0.2, -0.15) is 8.42 Å². The Hall–Kier alpha value is -2.46. The molecule has 1 aliphatic heterocycles. The minimum Gasteiger partial charge on any atom is -0.503 e. The van der Waals surface area contributed by atoms with Gasteiger partial charge >= 0.3 is 5.97 Å². The molecule has 2 rings (SSSR count). The minimum absolute atomic E-state index is 0.0378. The molecule has 10 heteroatoms. The molecule has 23 heavy (non-hydrogen) atoms. The van der Waals surface area contributed by atoms with Crippen LogP contribution in [0.2, 0.25) is 0 Å². The Morgan fingerprint density at radius 3 is 2.57 bits per heavy atom. The third-order valence-electron chi connectivity index (χ3n) is 3.20. The van der Waals surface area contributed by atoms with Gasteiger partial charge < -0.3 is 9.84 Å². The van der Waals surface area contributed by atoms with Crippen LogP contribution in [-0.2, 0) is 24.5 Å². The third-order valence-corrected chi connectivity index (χ3v) is 4.28. The number of nitrogens with zero attached hydrogens (tertiary/aromatic N) is 1. The molecule has 0 spiro atoms. The number of esters is 1. The zero-order valence-electron chi connectivity index (χ0n) is 11.9. The Balaban J connectivity index is 2.43. The smallest absolute Gasteiger partial charge is 0.311 e. The number of hydrogen-bond donors (Lipinski definition) is 2. The molecule has 1 aromatic rings. The maximum Gasteiger partial charge on any atom is 0.311 e. The van der Waals surface area contributed by atoms with E-state index in [2.05, 4.69) is 0 Å². The number of carbonyl (C=O) groups is 3. The van der Waals surface area contributed by atoms with E-state index in [-0.39, 0.29) is 17.9 Å². The normalized spacial score (nSPS) is 18.3. The number of phenols is 1. The summed E-state index contributed by atoms with van der Waals surface area (Å²) in [6, 6.07) is 3.74. The molecule has 1 aliphatic rings. The molecule has 1 aromatic carbocycles. The summed E-state index contributed by atoms with van der Waals surface area (Å²) in [6.45, 7) is 1.54. The number of para-hydroxylation sites is 1. The number of ether oxygens (including phenoxy) is 1. The number of imide groups is 1. The average molecular weight is 343 g/mol. The number of carbonyl (C=O) groups excluding carboxylic acids is 3. The zero-order valence-corrected chi connectivity index (χ0v) is 12.7. The van der Waals surface area contributed by atoms with Crippen molar-refractivity contribution in [3.8, 4) is 11.5 Å². The van der Waals surface area contributed by atoms with E-state index in [1.165, 1.54) is 25.1 Å². The molecule has 1 unspecified atom stereocenters. The fourth-order valence-corrected chi connectivity index (χ4v) is 2.77. The minimum atomic E-state index is -4.75. The molecular formula is C13H13NO8S. The van der Waals surface area contributed by atoms with Gasteiger partial charge in [0.15, 0.2) is 16.7 Å². The van der Waals surface area contributed by atoms with Gasteiger partial charge in [0.05, 0.1) is 12.1 Å². The van der Waals surface area contributed by atoms with Gasteiger partial charge in [-0.05, 0) is 12.1 Å². The van der Waals surface area contributed by atoms with Crippen molar-refractivity contribution >= 4 is 33.6 Å². The molecule has 1 atom stereocenters. The highest BCUT2D eigenvalue weighted by Gasteiger charge is 2.47. The highest BCUT2D eigenvalue weighted by atomic mass is 32.2. The van der Waals surface area contributed by atoms with Crippen LogP contribution >= 0.6 is 0 Å². The first-order valence-corrected chi connectivity index (χ1v) is 8.03. The number of aromatic hydroxyl groups is 1. The van der Waals surface area contributed by atoms with Crippen molar-refractivity contribution in [3.63, 3.8) is 0 Å². The lowest BCUT2D eigenvalue weighted by Crippen LogP contribution is -2.35. The summed E-state index contributed by atoms with van der Waals surface area (Å²) < 4.78 is 36.1. The molecule has 9 nitrogen and oxygen atoms in total. The molecule has 124 valence electrons. The van der Waals surface area contributed by atoms with Crippen molar-refractivity contribution < 1.29 is 37.2 Å². The first-order chi connectivity index (χ1) is 10.7. The molecule has 1 heterocycles. The standard InChI is InChI=1S/C13H13NO8S/c1-2-11(16)22-8-5-3-4-7(12(8)17)14-10(15)6-9(13(14)18)23(19,20)21/h3-5,9,17H,2,6H2,1H3,(H,19,20,21). The first-order valence-electron chi connectivity index (χ1n) is 6.52. The summed E-state index contributed by atoms with van der Waals surface area (Å²) in [7, 11) is -4.75. The zero-order chi connectivity index (χ0) is 17.4. The summed E-state index contributed by atoms with van der Waals surface area (Å²) in [5.74, 6) is -3.68. The van der Waals surface area contributed by atoms with E-state index in [9.17, 15) is 27.9 Å².